The molecule has 1 heterocycles. The molecule has 3 fully saturated rings. The highest BCUT2D eigenvalue weighted by atomic mass is 19.1. The minimum atomic E-state index is -0.884. The molecule has 39 heavy (non-hydrogen) atoms. The first kappa shape index (κ1) is 27.0. The number of alkyl carbamates (subject to hydrolysis) is 1. The van der Waals surface area contributed by atoms with Gasteiger partial charge in [-0.15, -0.1) is 0 Å². The number of halogens is 1. The number of amides is 1. The lowest BCUT2D eigenvalue weighted by molar-refractivity contribution is 0.0355. The lowest BCUT2D eigenvalue weighted by Gasteiger charge is -2.47. The second kappa shape index (κ2) is 11.7. The molecule has 1 amide bonds. The summed E-state index contributed by atoms with van der Waals surface area (Å²) in [5, 5.41) is 22.4. The fourth-order valence-corrected chi connectivity index (χ4v) is 7.52. The Morgan fingerprint density at radius 1 is 1.05 bits per heavy atom. The van der Waals surface area contributed by atoms with Gasteiger partial charge in [-0.1, -0.05) is 25.0 Å². The van der Waals surface area contributed by atoms with E-state index in [0.29, 0.717) is 17.4 Å². The fraction of sp³-hybridized carbons (Fsp3) is 0.531. The highest BCUT2D eigenvalue weighted by Gasteiger charge is 2.53. The molecule has 2 aliphatic carbocycles. The first-order valence-corrected chi connectivity index (χ1v) is 14.3. The van der Waals surface area contributed by atoms with E-state index in [4.69, 9.17) is 10.00 Å². The number of nitrogens with one attached hydrogen (secondary N) is 1. The van der Waals surface area contributed by atoms with Gasteiger partial charge < -0.3 is 15.0 Å². The number of rotatable bonds is 7. The van der Waals surface area contributed by atoms with Crippen LogP contribution in [-0.2, 0) is 10.2 Å². The predicted octanol–water partition coefficient (Wildman–Crippen LogP) is 6.32. The SMILES string of the molecule is CNC(=O)OC1CCCC1C(C#N)(c1cccc(F)c1)C1CCC(CC2CN(c3ccc(C#N)cc3)C2)CC1. The predicted molar refractivity (Wildman–Crippen MR) is 147 cm³/mol. The molecule has 3 atom stereocenters. The molecule has 6 nitrogen and oxygen atoms in total. The maximum atomic E-state index is 14.5. The Morgan fingerprint density at radius 3 is 2.44 bits per heavy atom. The standard InChI is InChI=1S/C32H37FN4O2/c1-36-31(38)39-30-7-3-6-29(30)32(21-35,26-4-2-5-27(33)17-26)25-12-8-22(9-13-25)16-24-19-37(20-24)28-14-10-23(18-34)11-15-28/h2,4-5,10-11,14-15,17,22,24-25,29-30H,3,6-9,12-13,16,19-20H2,1H3,(H,36,38). The molecule has 0 radical (unpaired) electrons. The Bertz CT molecular complexity index is 1240. The number of hydrogen-bond acceptors (Lipinski definition) is 5. The number of anilines is 1. The number of benzene rings is 2. The van der Waals surface area contributed by atoms with Crippen molar-refractivity contribution in [2.75, 3.05) is 25.0 Å². The van der Waals surface area contributed by atoms with Crippen LogP contribution in [0, 0.1) is 52.2 Å². The van der Waals surface area contributed by atoms with Gasteiger partial charge in [0.2, 0.25) is 0 Å². The van der Waals surface area contributed by atoms with Gasteiger partial charge in [0, 0.05) is 31.7 Å². The summed E-state index contributed by atoms with van der Waals surface area (Å²) in [6.07, 6.45) is 6.72. The van der Waals surface area contributed by atoms with Crippen LogP contribution in [0.1, 0.15) is 62.5 Å². The van der Waals surface area contributed by atoms with Crippen LogP contribution in [-0.4, -0.2) is 32.3 Å². The van der Waals surface area contributed by atoms with Crippen LogP contribution in [0.25, 0.3) is 0 Å². The van der Waals surface area contributed by atoms with Crippen LogP contribution in [0.2, 0.25) is 0 Å². The van der Waals surface area contributed by atoms with Gasteiger partial charge in [0.1, 0.15) is 11.9 Å². The third-order valence-corrected chi connectivity index (χ3v) is 9.46. The number of nitrogens with zero attached hydrogens (tertiary/aromatic N) is 3. The molecule has 3 aliphatic rings. The molecular formula is C32H37FN4O2. The highest BCUT2D eigenvalue weighted by Crippen LogP contribution is 2.53. The van der Waals surface area contributed by atoms with Crippen LogP contribution in [0.5, 0.6) is 0 Å². The van der Waals surface area contributed by atoms with Crippen LogP contribution in [0.3, 0.4) is 0 Å². The van der Waals surface area contributed by atoms with Crippen molar-refractivity contribution in [3.63, 3.8) is 0 Å². The number of nitriles is 2. The summed E-state index contributed by atoms with van der Waals surface area (Å²) in [4.78, 5) is 14.5. The molecule has 5 rings (SSSR count). The summed E-state index contributed by atoms with van der Waals surface area (Å²) in [5.74, 6) is 0.886. The number of hydrogen-bond donors (Lipinski definition) is 1. The first-order valence-electron chi connectivity index (χ1n) is 14.3. The van der Waals surface area contributed by atoms with Gasteiger partial charge >= 0.3 is 6.09 Å². The molecule has 2 aromatic rings. The quantitative estimate of drug-likeness (QED) is 0.454. The smallest absolute Gasteiger partial charge is 0.407 e. The van der Waals surface area contributed by atoms with E-state index in [1.807, 2.05) is 30.3 Å². The molecule has 7 heteroatoms. The molecule has 2 aromatic carbocycles. The fourth-order valence-electron chi connectivity index (χ4n) is 7.52. The Balaban J connectivity index is 1.26. The summed E-state index contributed by atoms with van der Waals surface area (Å²) >= 11 is 0. The Kier molecular flexibility index (Phi) is 8.07. The summed E-state index contributed by atoms with van der Waals surface area (Å²) < 4.78 is 20.2. The van der Waals surface area contributed by atoms with Gasteiger partial charge in [0.25, 0.3) is 0 Å². The van der Waals surface area contributed by atoms with Crippen LogP contribution < -0.4 is 10.2 Å². The Hall–Kier alpha value is -3.58. The van der Waals surface area contributed by atoms with Gasteiger partial charge in [-0.2, -0.15) is 10.5 Å². The summed E-state index contributed by atoms with van der Waals surface area (Å²) in [5.41, 5.74) is 1.70. The van der Waals surface area contributed by atoms with E-state index in [9.17, 15) is 14.4 Å². The average molecular weight is 529 g/mol. The summed E-state index contributed by atoms with van der Waals surface area (Å²) in [6, 6.07) is 19.2. The maximum absolute atomic E-state index is 14.5. The number of ether oxygens (including phenoxy) is 1. The summed E-state index contributed by atoms with van der Waals surface area (Å²) in [7, 11) is 1.55. The number of carbonyl (C=O) groups is 1. The van der Waals surface area contributed by atoms with E-state index in [1.165, 1.54) is 24.2 Å². The molecule has 1 N–H and O–H groups in total. The summed E-state index contributed by atoms with van der Waals surface area (Å²) in [6.45, 7) is 2.08. The van der Waals surface area contributed by atoms with Gasteiger partial charge in [-0.3, -0.25) is 0 Å². The van der Waals surface area contributed by atoms with Crippen molar-refractivity contribution in [2.45, 2.75) is 62.9 Å². The van der Waals surface area contributed by atoms with Crippen molar-refractivity contribution in [1.82, 2.24) is 5.32 Å². The Labute approximate surface area is 230 Å². The zero-order chi connectivity index (χ0) is 27.4. The maximum Gasteiger partial charge on any atom is 0.407 e. The zero-order valence-corrected chi connectivity index (χ0v) is 22.6. The van der Waals surface area contributed by atoms with Crippen LogP contribution in [0.4, 0.5) is 14.9 Å². The van der Waals surface area contributed by atoms with E-state index < -0.39 is 11.5 Å². The molecule has 204 valence electrons. The second-order valence-corrected chi connectivity index (χ2v) is 11.6. The van der Waals surface area contributed by atoms with Gasteiger partial charge in [0.15, 0.2) is 0 Å². The molecule has 1 saturated heterocycles. The molecular weight excluding hydrogens is 491 g/mol. The van der Waals surface area contributed by atoms with Crippen LogP contribution >= 0.6 is 0 Å². The lowest BCUT2D eigenvalue weighted by Crippen LogP contribution is -2.49. The third kappa shape index (κ3) is 5.46. The van der Waals surface area contributed by atoms with Crippen molar-refractivity contribution >= 4 is 11.8 Å². The van der Waals surface area contributed by atoms with E-state index in [-0.39, 0.29) is 23.8 Å². The normalized spacial score (nSPS) is 26.5. The molecule has 0 aromatic heterocycles. The van der Waals surface area contributed by atoms with Gasteiger partial charge in [-0.25, -0.2) is 9.18 Å². The third-order valence-electron chi connectivity index (χ3n) is 9.46. The average Bonchev–Trinajstić information content (AvgIpc) is 3.40. The van der Waals surface area contributed by atoms with E-state index in [0.717, 1.165) is 63.6 Å². The van der Waals surface area contributed by atoms with Crippen molar-refractivity contribution in [3.8, 4) is 12.1 Å². The molecule has 0 bridgehead atoms. The minimum Gasteiger partial charge on any atom is -0.446 e. The molecule has 2 saturated carbocycles. The molecule has 1 aliphatic heterocycles. The minimum absolute atomic E-state index is 0.0935. The van der Waals surface area contributed by atoms with Gasteiger partial charge in [-0.05, 0) is 98.2 Å². The largest absolute Gasteiger partial charge is 0.446 e. The second-order valence-electron chi connectivity index (χ2n) is 11.6. The van der Waals surface area contributed by atoms with E-state index in [2.05, 4.69) is 22.4 Å². The molecule has 0 spiro atoms. The van der Waals surface area contributed by atoms with Crippen LogP contribution in [0.15, 0.2) is 48.5 Å². The van der Waals surface area contributed by atoms with Crippen molar-refractivity contribution < 1.29 is 13.9 Å². The van der Waals surface area contributed by atoms with Crippen molar-refractivity contribution in [3.05, 3.63) is 65.5 Å². The lowest BCUT2D eigenvalue weighted by atomic mass is 9.57. The monoisotopic (exact) mass is 528 g/mol. The van der Waals surface area contributed by atoms with Crippen molar-refractivity contribution in [1.29, 1.82) is 10.5 Å². The van der Waals surface area contributed by atoms with E-state index in [1.54, 1.807) is 13.1 Å². The molecule has 3 unspecified atom stereocenters. The zero-order valence-electron chi connectivity index (χ0n) is 22.6. The number of carbonyl (C=O) groups excluding carboxylic acids is 1. The van der Waals surface area contributed by atoms with Crippen molar-refractivity contribution in [2.24, 2.45) is 23.7 Å². The first-order chi connectivity index (χ1) is 19.0. The Morgan fingerprint density at radius 2 is 1.79 bits per heavy atom. The topological polar surface area (TPSA) is 89.2 Å². The van der Waals surface area contributed by atoms with E-state index >= 15 is 0 Å². The van der Waals surface area contributed by atoms with Gasteiger partial charge in [0.05, 0.1) is 23.1 Å². The highest BCUT2D eigenvalue weighted by molar-refractivity contribution is 5.67.